The Bertz CT molecular complexity index is 630. The molecule has 1 aliphatic carbocycles. The molecule has 0 aliphatic heterocycles. The summed E-state index contributed by atoms with van der Waals surface area (Å²) >= 11 is 0. The number of rotatable bonds is 5. The predicted octanol–water partition coefficient (Wildman–Crippen LogP) is 3.18. The van der Waals surface area contributed by atoms with Crippen molar-refractivity contribution in [3.05, 3.63) is 65.7 Å². The first kappa shape index (κ1) is 15.8. The highest BCUT2D eigenvalue weighted by Crippen LogP contribution is 2.18. The van der Waals surface area contributed by atoms with Gasteiger partial charge in [0.15, 0.2) is 6.04 Å². The van der Waals surface area contributed by atoms with Crippen LogP contribution in [0.5, 0.6) is 0 Å². The summed E-state index contributed by atoms with van der Waals surface area (Å²) in [6.07, 6.45) is 4.98. The lowest BCUT2D eigenvalue weighted by Gasteiger charge is -2.19. The Balaban J connectivity index is 1.76. The third-order valence-corrected chi connectivity index (χ3v) is 4.62. The van der Waals surface area contributed by atoms with E-state index in [-0.39, 0.29) is 11.9 Å². The average molecular weight is 309 g/mol. The van der Waals surface area contributed by atoms with Crippen molar-refractivity contribution >= 4 is 11.6 Å². The number of hydrogen-bond donors (Lipinski definition) is 2. The minimum absolute atomic E-state index is 0.0620. The van der Waals surface area contributed by atoms with E-state index in [1.165, 1.54) is 31.2 Å². The molecule has 120 valence electrons. The van der Waals surface area contributed by atoms with Gasteiger partial charge in [0.05, 0.1) is 6.04 Å². The number of quaternary nitrogens is 1. The van der Waals surface area contributed by atoms with Crippen molar-refractivity contribution in [2.24, 2.45) is 0 Å². The van der Waals surface area contributed by atoms with E-state index in [0.717, 1.165) is 11.3 Å². The summed E-state index contributed by atoms with van der Waals surface area (Å²) in [6.45, 7) is 2.05. The van der Waals surface area contributed by atoms with Crippen molar-refractivity contribution in [1.29, 1.82) is 0 Å². The second-order valence-corrected chi connectivity index (χ2v) is 6.48. The van der Waals surface area contributed by atoms with Crippen LogP contribution in [0.4, 0.5) is 5.69 Å². The molecule has 0 spiro atoms. The van der Waals surface area contributed by atoms with Crippen molar-refractivity contribution in [2.75, 3.05) is 5.32 Å². The number of nitrogens with one attached hydrogen (secondary N) is 1. The van der Waals surface area contributed by atoms with Gasteiger partial charge in [0, 0.05) is 11.3 Å². The molecule has 1 saturated carbocycles. The van der Waals surface area contributed by atoms with E-state index in [1.807, 2.05) is 61.5 Å². The summed E-state index contributed by atoms with van der Waals surface area (Å²) in [4.78, 5) is 12.8. The van der Waals surface area contributed by atoms with Crippen LogP contribution in [-0.2, 0) is 4.79 Å². The molecule has 0 unspecified atom stereocenters. The second-order valence-electron chi connectivity index (χ2n) is 6.48. The van der Waals surface area contributed by atoms with Crippen molar-refractivity contribution in [1.82, 2.24) is 0 Å². The van der Waals surface area contributed by atoms with Crippen molar-refractivity contribution in [2.45, 2.75) is 44.7 Å². The van der Waals surface area contributed by atoms with Gasteiger partial charge in [-0.2, -0.15) is 0 Å². The van der Waals surface area contributed by atoms with Gasteiger partial charge in [0.1, 0.15) is 0 Å². The Kier molecular flexibility index (Phi) is 5.09. The maximum atomic E-state index is 12.8. The molecule has 3 nitrogen and oxygen atoms in total. The minimum Gasteiger partial charge on any atom is -0.330 e. The molecule has 3 N–H and O–H groups in total. The van der Waals surface area contributed by atoms with Gasteiger partial charge in [-0.05, 0) is 44.7 Å². The predicted molar refractivity (Wildman–Crippen MR) is 93.2 cm³/mol. The van der Waals surface area contributed by atoms with Crippen LogP contribution in [0.15, 0.2) is 54.6 Å². The van der Waals surface area contributed by atoms with Crippen molar-refractivity contribution in [3.63, 3.8) is 0 Å². The summed E-state index contributed by atoms with van der Waals surface area (Å²) < 4.78 is 0. The van der Waals surface area contributed by atoms with Gasteiger partial charge in [0.25, 0.3) is 5.91 Å². The maximum Gasteiger partial charge on any atom is 0.287 e. The molecule has 0 saturated heterocycles. The molecule has 1 amide bonds. The zero-order valence-electron chi connectivity index (χ0n) is 13.7. The first-order valence-electron chi connectivity index (χ1n) is 8.50. The molecule has 2 aromatic rings. The number of anilines is 1. The SMILES string of the molecule is Cc1ccc(NC(=O)[C@H]([NH2+]C2CCCC2)c2ccccc2)cc1. The molecule has 0 bridgehead atoms. The number of benzene rings is 2. The fourth-order valence-corrected chi connectivity index (χ4v) is 3.29. The normalized spacial score (nSPS) is 16.2. The molecule has 0 radical (unpaired) electrons. The highest BCUT2D eigenvalue weighted by molar-refractivity contribution is 5.94. The Hall–Kier alpha value is -2.13. The van der Waals surface area contributed by atoms with Crippen LogP contribution in [0.3, 0.4) is 0 Å². The standard InChI is InChI=1S/C20H24N2O/c1-15-11-13-18(14-12-15)22-20(23)19(16-7-3-2-4-8-16)21-17-9-5-6-10-17/h2-4,7-8,11-14,17,19,21H,5-6,9-10H2,1H3,(H,22,23)/p+1/t19-/m1/s1. The van der Waals surface area contributed by atoms with Crippen LogP contribution >= 0.6 is 0 Å². The van der Waals surface area contributed by atoms with Gasteiger partial charge >= 0.3 is 0 Å². The number of amides is 1. The van der Waals surface area contributed by atoms with Crippen LogP contribution in [0.2, 0.25) is 0 Å². The van der Waals surface area contributed by atoms with Crippen LogP contribution in [-0.4, -0.2) is 11.9 Å². The first-order valence-corrected chi connectivity index (χ1v) is 8.50. The zero-order chi connectivity index (χ0) is 16.1. The smallest absolute Gasteiger partial charge is 0.287 e. The monoisotopic (exact) mass is 309 g/mol. The Labute approximate surface area is 138 Å². The summed E-state index contributed by atoms with van der Waals surface area (Å²) in [6, 6.07) is 18.4. The van der Waals surface area contributed by atoms with Gasteiger partial charge in [-0.25, -0.2) is 0 Å². The van der Waals surface area contributed by atoms with E-state index >= 15 is 0 Å². The van der Waals surface area contributed by atoms with Gasteiger partial charge < -0.3 is 10.6 Å². The van der Waals surface area contributed by atoms with Gasteiger partial charge in [0.2, 0.25) is 0 Å². The maximum absolute atomic E-state index is 12.8. The second kappa shape index (κ2) is 7.42. The van der Waals surface area contributed by atoms with E-state index in [2.05, 4.69) is 10.6 Å². The number of carbonyl (C=O) groups is 1. The van der Waals surface area contributed by atoms with Crippen LogP contribution < -0.4 is 10.6 Å². The third kappa shape index (κ3) is 4.20. The average Bonchev–Trinajstić information content (AvgIpc) is 3.09. The summed E-state index contributed by atoms with van der Waals surface area (Å²) in [5.41, 5.74) is 3.13. The molecular weight excluding hydrogens is 284 g/mol. The van der Waals surface area contributed by atoms with E-state index in [1.54, 1.807) is 0 Å². The lowest BCUT2D eigenvalue weighted by molar-refractivity contribution is -0.714. The largest absolute Gasteiger partial charge is 0.330 e. The molecule has 3 rings (SSSR count). The Morgan fingerprint density at radius 2 is 1.70 bits per heavy atom. The summed E-state index contributed by atoms with van der Waals surface area (Å²) in [7, 11) is 0. The quantitative estimate of drug-likeness (QED) is 0.875. The molecule has 0 aromatic heterocycles. The molecule has 0 heterocycles. The van der Waals surface area contributed by atoms with Gasteiger partial charge in [-0.15, -0.1) is 0 Å². The number of carbonyl (C=O) groups excluding carboxylic acids is 1. The lowest BCUT2D eigenvalue weighted by atomic mass is 10.0. The lowest BCUT2D eigenvalue weighted by Crippen LogP contribution is -2.92. The van der Waals surface area contributed by atoms with E-state index in [4.69, 9.17) is 0 Å². The fraction of sp³-hybridized carbons (Fsp3) is 0.350. The number of aryl methyl sites for hydroxylation is 1. The molecule has 3 heteroatoms. The molecule has 1 fully saturated rings. The molecular formula is C20H25N2O+. The molecule has 1 atom stereocenters. The zero-order valence-corrected chi connectivity index (χ0v) is 13.7. The number of nitrogens with two attached hydrogens (primary N) is 1. The third-order valence-electron chi connectivity index (χ3n) is 4.62. The first-order chi connectivity index (χ1) is 11.2. The van der Waals surface area contributed by atoms with Gasteiger partial charge in [-0.1, -0.05) is 48.0 Å². The van der Waals surface area contributed by atoms with E-state index < -0.39 is 0 Å². The highest BCUT2D eigenvalue weighted by Gasteiger charge is 2.29. The topological polar surface area (TPSA) is 45.7 Å². The van der Waals surface area contributed by atoms with Crippen molar-refractivity contribution in [3.8, 4) is 0 Å². The van der Waals surface area contributed by atoms with Crippen molar-refractivity contribution < 1.29 is 10.1 Å². The minimum atomic E-state index is -0.180. The Morgan fingerprint density at radius 1 is 1.04 bits per heavy atom. The molecule has 2 aromatic carbocycles. The summed E-state index contributed by atoms with van der Waals surface area (Å²) in [5.74, 6) is 0.0620. The van der Waals surface area contributed by atoms with Gasteiger partial charge in [-0.3, -0.25) is 4.79 Å². The highest BCUT2D eigenvalue weighted by atomic mass is 16.2. The molecule has 1 aliphatic rings. The Morgan fingerprint density at radius 3 is 2.35 bits per heavy atom. The fourth-order valence-electron chi connectivity index (χ4n) is 3.29. The van der Waals surface area contributed by atoms with Crippen LogP contribution in [0.1, 0.15) is 42.9 Å². The molecule has 23 heavy (non-hydrogen) atoms. The number of hydrogen-bond acceptors (Lipinski definition) is 1. The van der Waals surface area contributed by atoms with E-state index in [0.29, 0.717) is 6.04 Å². The van der Waals surface area contributed by atoms with Crippen LogP contribution in [0, 0.1) is 6.92 Å². The van der Waals surface area contributed by atoms with E-state index in [9.17, 15) is 4.79 Å². The van der Waals surface area contributed by atoms with Crippen LogP contribution in [0.25, 0.3) is 0 Å². The summed E-state index contributed by atoms with van der Waals surface area (Å²) in [5, 5.41) is 5.33.